The Morgan fingerprint density at radius 1 is 1.04 bits per heavy atom. The number of aryl methyl sites for hydroxylation is 1. The van der Waals surface area contributed by atoms with Crippen LogP contribution in [-0.2, 0) is 0 Å². The predicted octanol–water partition coefficient (Wildman–Crippen LogP) is 4.03. The van der Waals surface area contributed by atoms with Crippen molar-refractivity contribution in [2.75, 3.05) is 0 Å². The SMILES string of the molecule is Cc1c(C2=NNC(c3ccccc3Cl)C2)nnc2ccccc12. The van der Waals surface area contributed by atoms with Crippen LogP contribution in [0.4, 0.5) is 0 Å². The summed E-state index contributed by atoms with van der Waals surface area (Å²) in [5.41, 5.74) is 8.02. The van der Waals surface area contributed by atoms with Gasteiger partial charge in [-0.2, -0.15) is 5.10 Å². The second-order valence-electron chi connectivity index (χ2n) is 5.66. The maximum atomic E-state index is 6.29. The molecule has 0 amide bonds. The molecule has 1 aliphatic heterocycles. The summed E-state index contributed by atoms with van der Waals surface area (Å²) in [7, 11) is 0. The number of nitrogens with one attached hydrogen (secondary N) is 1. The van der Waals surface area contributed by atoms with E-state index < -0.39 is 0 Å². The number of nitrogens with zero attached hydrogens (tertiary/aromatic N) is 3. The van der Waals surface area contributed by atoms with Gasteiger partial charge in [0, 0.05) is 16.8 Å². The Morgan fingerprint density at radius 3 is 2.70 bits per heavy atom. The topological polar surface area (TPSA) is 50.2 Å². The molecule has 4 nitrogen and oxygen atoms in total. The van der Waals surface area contributed by atoms with Crippen LogP contribution in [0, 0.1) is 6.92 Å². The lowest BCUT2D eigenvalue weighted by Gasteiger charge is -2.12. The van der Waals surface area contributed by atoms with Crippen molar-refractivity contribution in [3.63, 3.8) is 0 Å². The van der Waals surface area contributed by atoms with E-state index in [2.05, 4.69) is 33.7 Å². The van der Waals surface area contributed by atoms with Crippen molar-refractivity contribution in [2.24, 2.45) is 5.10 Å². The molecule has 0 bridgehead atoms. The predicted molar refractivity (Wildman–Crippen MR) is 92.8 cm³/mol. The molecule has 4 rings (SSSR count). The van der Waals surface area contributed by atoms with E-state index in [0.29, 0.717) is 0 Å². The Labute approximate surface area is 139 Å². The number of hydrazone groups is 1. The molecular weight excluding hydrogens is 308 g/mol. The highest BCUT2D eigenvalue weighted by atomic mass is 35.5. The first kappa shape index (κ1) is 14.2. The molecule has 114 valence electrons. The second kappa shape index (κ2) is 5.63. The standard InChI is InChI=1S/C18H15ClN4/c1-11-12-6-3-5-9-15(12)20-23-18(11)17-10-16(21-22-17)13-7-2-4-8-14(13)19/h2-9,16,21H,10H2,1H3. The van der Waals surface area contributed by atoms with Gasteiger partial charge in [0.25, 0.3) is 0 Å². The first-order valence-electron chi connectivity index (χ1n) is 7.53. The van der Waals surface area contributed by atoms with Crippen LogP contribution < -0.4 is 5.43 Å². The number of hydrogen-bond donors (Lipinski definition) is 1. The van der Waals surface area contributed by atoms with Gasteiger partial charge in [0.2, 0.25) is 0 Å². The van der Waals surface area contributed by atoms with Crippen molar-refractivity contribution in [2.45, 2.75) is 19.4 Å². The van der Waals surface area contributed by atoms with Gasteiger partial charge in [-0.15, -0.1) is 10.2 Å². The molecule has 3 aromatic rings. The molecule has 0 fully saturated rings. The van der Waals surface area contributed by atoms with Gasteiger partial charge >= 0.3 is 0 Å². The number of benzene rings is 2. The van der Waals surface area contributed by atoms with Crippen molar-refractivity contribution in [1.29, 1.82) is 0 Å². The first-order chi connectivity index (χ1) is 11.2. The van der Waals surface area contributed by atoms with E-state index in [4.69, 9.17) is 11.6 Å². The Bertz CT molecular complexity index is 920. The maximum absolute atomic E-state index is 6.29. The quantitative estimate of drug-likeness (QED) is 0.775. The van der Waals surface area contributed by atoms with Gasteiger partial charge in [-0.05, 0) is 30.2 Å². The van der Waals surface area contributed by atoms with Crippen LogP contribution in [0.1, 0.15) is 29.3 Å². The molecule has 0 saturated heterocycles. The van der Waals surface area contributed by atoms with E-state index in [1.807, 2.05) is 42.5 Å². The van der Waals surface area contributed by atoms with Crippen molar-refractivity contribution in [1.82, 2.24) is 15.6 Å². The zero-order valence-electron chi connectivity index (χ0n) is 12.6. The number of halogens is 1. The molecule has 2 aromatic carbocycles. The Morgan fingerprint density at radius 2 is 1.83 bits per heavy atom. The number of hydrogen-bond acceptors (Lipinski definition) is 4. The third-order valence-corrected chi connectivity index (χ3v) is 4.57. The zero-order chi connectivity index (χ0) is 15.8. The third kappa shape index (κ3) is 2.45. The highest BCUT2D eigenvalue weighted by molar-refractivity contribution is 6.31. The average Bonchev–Trinajstić information content (AvgIpc) is 3.05. The van der Waals surface area contributed by atoms with Crippen molar-refractivity contribution in [3.05, 3.63) is 70.4 Å². The van der Waals surface area contributed by atoms with E-state index in [-0.39, 0.29) is 6.04 Å². The molecule has 1 aromatic heterocycles. The maximum Gasteiger partial charge on any atom is 0.113 e. The fourth-order valence-electron chi connectivity index (χ4n) is 2.99. The summed E-state index contributed by atoms with van der Waals surface area (Å²) in [5.74, 6) is 0. The lowest BCUT2D eigenvalue weighted by molar-refractivity contribution is 0.620. The van der Waals surface area contributed by atoms with Crippen molar-refractivity contribution < 1.29 is 0 Å². The molecule has 1 N–H and O–H groups in total. The van der Waals surface area contributed by atoms with Gasteiger partial charge in [0.15, 0.2) is 0 Å². The molecule has 0 saturated carbocycles. The van der Waals surface area contributed by atoms with E-state index >= 15 is 0 Å². The summed E-state index contributed by atoms with van der Waals surface area (Å²) in [6.45, 7) is 2.07. The molecule has 2 heterocycles. The van der Waals surface area contributed by atoms with Gasteiger partial charge in [0.05, 0.1) is 17.3 Å². The molecule has 0 spiro atoms. The van der Waals surface area contributed by atoms with E-state index in [9.17, 15) is 0 Å². The lowest BCUT2D eigenvalue weighted by atomic mass is 9.99. The van der Waals surface area contributed by atoms with E-state index in [1.165, 1.54) is 0 Å². The summed E-state index contributed by atoms with van der Waals surface area (Å²) >= 11 is 6.29. The highest BCUT2D eigenvalue weighted by Crippen LogP contribution is 2.30. The van der Waals surface area contributed by atoms with Crippen molar-refractivity contribution in [3.8, 4) is 0 Å². The first-order valence-corrected chi connectivity index (χ1v) is 7.91. The molecule has 23 heavy (non-hydrogen) atoms. The summed E-state index contributed by atoms with van der Waals surface area (Å²) in [5, 5.41) is 15.0. The average molecular weight is 323 g/mol. The molecule has 0 radical (unpaired) electrons. The van der Waals surface area contributed by atoms with Crippen LogP contribution in [0.2, 0.25) is 5.02 Å². The summed E-state index contributed by atoms with van der Waals surface area (Å²) in [4.78, 5) is 0. The van der Waals surface area contributed by atoms with Crippen molar-refractivity contribution >= 4 is 28.2 Å². The highest BCUT2D eigenvalue weighted by Gasteiger charge is 2.25. The Balaban J connectivity index is 1.68. The van der Waals surface area contributed by atoms with Gasteiger partial charge in [-0.3, -0.25) is 0 Å². The van der Waals surface area contributed by atoms with E-state index in [1.54, 1.807) is 0 Å². The molecule has 1 aliphatic rings. The van der Waals surface area contributed by atoms with Gasteiger partial charge in [-0.25, -0.2) is 0 Å². The fraction of sp³-hybridized carbons (Fsp3) is 0.167. The molecule has 0 aliphatic carbocycles. The largest absolute Gasteiger partial charge is 0.302 e. The van der Waals surface area contributed by atoms with Gasteiger partial charge in [0.1, 0.15) is 5.69 Å². The van der Waals surface area contributed by atoms with Gasteiger partial charge < -0.3 is 5.43 Å². The smallest absolute Gasteiger partial charge is 0.113 e. The van der Waals surface area contributed by atoms with Crippen LogP contribution in [0.25, 0.3) is 10.9 Å². The monoisotopic (exact) mass is 322 g/mol. The molecular formula is C18H15ClN4. The van der Waals surface area contributed by atoms with Crippen LogP contribution in [0.3, 0.4) is 0 Å². The molecule has 1 unspecified atom stereocenters. The lowest BCUT2D eigenvalue weighted by Crippen LogP contribution is -2.11. The fourth-order valence-corrected chi connectivity index (χ4v) is 3.25. The summed E-state index contributed by atoms with van der Waals surface area (Å²) < 4.78 is 0. The van der Waals surface area contributed by atoms with Crippen LogP contribution in [0.5, 0.6) is 0 Å². The molecule has 5 heteroatoms. The zero-order valence-corrected chi connectivity index (χ0v) is 13.4. The second-order valence-corrected chi connectivity index (χ2v) is 6.06. The summed E-state index contributed by atoms with van der Waals surface area (Å²) in [6.07, 6.45) is 0.748. The Hall–Kier alpha value is -2.46. The van der Waals surface area contributed by atoms with Crippen LogP contribution in [-0.4, -0.2) is 15.9 Å². The summed E-state index contributed by atoms with van der Waals surface area (Å²) in [6, 6.07) is 15.9. The Kier molecular flexibility index (Phi) is 3.46. The number of aromatic nitrogens is 2. The van der Waals surface area contributed by atoms with Crippen LogP contribution in [0.15, 0.2) is 53.6 Å². The minimum Gasteiger partial charge on any atom is -0.302 e. The van der Waals surface area contributed by atoms with Gasteiger partial charge in [-0.1, -0.05) is 48.0 Å². The minimum absolute atomic E-state index is 0.0753. The number of rotatable bonds is 2. The number of fused-ring (bicyclic) bond motifs is 1. The minimum atomic E-state index is 0.0753. The van der Waals surface area contributed by atoms with Crippen LogP contribution >= 0.6 is 11.6 Å². The third-order valence-electron chi connectivity index (χ3n) is 4.23. The normalized spacial score (nSPS) is 17.1. The molecule has 1 atom stereocenters. The van der Waals surface area contributed by atoms with E-state index in [0.717, 1.165) is 44.9 Å².